The first-order valence-electron chi connectivity index (χ1n) is 3.43. The molecule has 0 spiro atoms. The van der Waals surface area contributed by atoms with Crippen LogP contribution in [-0.4, -0.2) is 29.2 Å². The lowest BCUT2D eigenvalue weighted by atomic mass is 10.2. The number of hydrogen-bond acceptors (Lipinski definition) is 2. The van der Waals surface area contributed by atoms with Crippen molar-refractivity contribution in [3.8, 4) is 0 Å². The van der Waals surface area contributed by atoms with Crippen LogP contribution in [0, 0.1) is 0 Å². The Morgan fingerprint density at radius 2 is 2.30 bits per heavy atom. The first-order chi connectivity index (χ1) is 4.63. The molecule has 0 bridgehead atoms. The molecule has 0 aliphatic carbocycles. The Balaban J connectivity index is 2.66. The van der Waals surface area contributed by atoms with Crippen LogP contribution in [0.2, 0.25) is 0 Å². The smallest absolute Gasteiger partial charge is 0.220 e. The van der Waals surface area contributed by atoms with Gasteiger partial charge in [-0.15, -0.1) is 0 Å². The molecule has 1 saturated heterocycles. The van der Waals surface area contributed by atoms with Gasteiger partial charge in [0, 0.05) is 19.9 Å². The largest absolute Gasteiger partial charge is 0.333 e. The highest BCUT2D eigenvalue weighted by Crippen LogP contribution is 2.12. The molecule has 0 saturated carbocycles. The van der Waals surface area contributed by atoms with Crippen molar-refractivity contribution in [2.24, 2.45) is 0 Å². The maximum absolute atomic E-state index is 10.9. The van der Waals surface area contributed by atoms with Crippen LogP contribution in [0.5, 0.6) is 0 Å². The molecule has 0 aromatic carbocycles. The van der Waals surface area contributed by atoms with Crippen LogP contribution in [0.25, 0.3) is 0 Å². The van der Waals surface area contributed by atoms with E-state index >= 15 is 0 Å². The quantitative estimate of drug-likeness (QED) is 0.483. The summed E-state index contributed by atoms with van der Waals surface area (Å²) in [6.45, 7) is 3.88. The molecule has 1 heterocycles. The summed E-state index contributed by atoms with van der Waals surface area (Å²) in [5, 5.41) is 0. The van der Waals surface area contributed by atoms with Crippen molar-refractivity contribution in [2.75, 3.05) is 6.54 Å². The van der Waals surface area contributed by atoms with Crippen molar-refractivity contribution in [1.29, 1.82) is 0 Å². The highest BCUT2D eigenvalue weighted by Gasteiger charge is 2.29. The SMILES string of the molecule is CC(=O)N1CCC(=O)C1C. The van der Waals surface area contributed by atoms with Crippen LogP contribution < -0.4 is 0 Å². The molecule has 1 aliphatic heterocycles. The van der Waals surface area contributed by atoms with Gasteiger partial charge in [0.15, 0.2) is 5.78 Å². The number of likely N-dealkylation sites (tertiary alicyclic amines) is 1. The summed E-state index contributed by atoms with van der Waals surface area (Å²) in [7, 11) is 0. The van der Waals surface area contributed by atoms with E-state index in [2.05, 4.69) is 0 Å². The zero-order valence-corrected chi connectivity index (χ0v) is 6.26. The third-order valence-electron chi connectivity index (χ3n) is 1.94. The maximum atomic E-state index is 10.9. The first kappa shape index (κ1) is 7.25. The van der Waals surface area contributed by atoms with E-state index in [1.54, 1.807) is 11.8 Å². The fraction of sp³-hybridized carbons (Fsp3) is 0.714. The summed E-state index contributed by atoms with van der Waals surface area (Å²) in [6, 6.07) is -0.183. The van der Waals surface area contributed by atoms with Crippen molar-refractivity contribution >= 4 is 11.7 Å². The Hall–Kier alpha value is -0.860. The highest BCUT2D eigenvalue weighted by molar-refractivity contribution is 5.91. The number of Topliss-reactive ketones (excluding diaryl/α,β-unsaturated/α-hetero) is 1. The van der Waals surface area contributed by atoms with Crippen LogP contribution in [0.4, 0.5) is 0 Å². The predicted molar refractivity (Wildman–Crippen MR) is 36.5 cm³/mol. The third-order valence-corrected chi connectivity index (χ3v) is 1.94. The molecule has 3 heteroatoms. The average Bonchev–Trinajstić information content (AvgIpc) is 2.14. The lowest BCUT2D eigenvalue weighted by molar-refractivity contribution is -0.132. The summed E-state index contributed by atoms with van der Waals surface area (Å²) in [5.74, 6) is 0.175. The van der Waals surface area contributed by atoms with Gasteiger partial charge in [-0.1, -0.05) is 0 Å². The molecule has 0 aromatic heterocycles. The number of hydrogen-bond donors (Lipinski definition) is 0. The van der Waals surface area contributed by atoms with E-state index in [0.717, 1.165) is 0 Å². The van der Waals surface area contributed by atoms with E-state index in [1.165, 1.54) is 6.92 Å². The van der Waals surface area contributed by atoms with Gasteiger partial charge in [0.25, 0.3) is 0 Å². The molecule has 0 aromatic rings. The molecule has 1 atom stereocenters. The van der Waals surface area contributed by atoms with Crippen molar-refractivity contribution < 1.29 is 9.59 Å². The molecule has 1 amide bonds. The molecule has 10 heavy (non-hydrogen) atoms. The van der Waals surface area contributed by atoms with Crippen molar-refractivity contribution in [3.05, 3.63) is 0 Å². The van der Waals surface area contributed by atoms with Gasteiger partial charge in [0.2, 0.25) is 5.91 Å². The molecular formula is C7H11NO2. The molecule has 0 N–H and O–H groups in total. The van der Waals surface area contributed by atoms with E-state index in [-0.39, 0.29) is 17.7 Å². The van der Waals surface area contributed by atoms with E-state index in [9.17, 15) is 9.59 Å². The van der Waals surface area contributed by atoms with Gasteiger partial charge in [-0.25, -0.2) is 0 Å². The number of amides is 1. The van der Waals surface area contributed by atoms with Gasteiger partial charge in [0.05, 0.1) is 6.04 Å². The van der Waals surface area contributed by atoms with Crippen molar-refractivity contribution in [2.45, 2.75) is 26.3 Å². The summed E-state index contributed by atoms with van der Waals surface area (Å²) >= 11 is 0. The Morgan fingerprint density at radius 3 is 2.50 bits per heavy atom. The molecule has 1 fully saturated rings. The Morgan fingerprint density at radius 1 is 1.70 bits per heavy atom. The van der Waals surface area contributed by atoms with E-state index in [1.807, 2.05) is 0 Å². The molecule has 0 radical (unpaired) electrons. The zero-order chi connectivity index (χ0) is 7.72. The average molecular weight is 141 g/mol. The summed E-state index contributed by atoms with van der Waals surface area (Å²) in [6.07, 6.45) is 0.529. The van der Waals surface area contributed by atoms with Crippen LogP contribution >= 0.6 is 0 Å². The fourth-order valence-electron chi connectivity index (χ4n) is 1.24. The summed E-state index contributed by atoms with van der Waals surface area (Å²) < 4.78 is 0. The van der Waals surface area contributed by atoms with E-state index in [4.69, 9.17) is 0 Å². The lowest BCUT2D eigenvalue weighted by Crippen LogP contribution is -2.33. The monoisotopic (exact) mass is 141 g/mol. The van der Waals surface area contributed by atoms with Gasteiger partial charge in [-0.05, 0) is 6.92 Å². The molecule has 1 rings (SSSR count). The zero-order valence-electron chi connectivity index (χ0n) is 6.26. The number of carbonyl (C=O) groups is 2. The predicted octanol–water partition coefficient (Wildman–Crippen LogP) is 0.196. The normalized spacial score (nSPS) is 25.6. The topological polar surface area (TPSA) is 37.4 Å². The minimum absolute atomic E-state index is 0.00153. The fourth-order valence-corrected chi connectivity index (χ4v) is 1.24. The molecular weight excluding hydrogens is 130 g/mol. The summed E-state index contributed by atoms with van der Waals surface area (Å²) in [4.78, 5) is 23.3. The van der Waals surface area contributed by atoms with Gasteiger partial charge in [-0.3, -0.25) is 9.59 Å². The minimum Gasteiger partial charge on any atom is -0.333 e. The molecule has 3 nitrogen and oxygen atoms in total. The summed E-state index contributed by atoms with van der Waals surface area (Å²) in [5.41, 5.74) is 0. The van der Waals surface area contributed by atoms with Gasteiger partial charge in [-0.2, -0.15) is 0 Å². The van der Waals surface area contributed by atoms with Crippen LogP contribution in [0.3, 0.4) is 0 Å². The van der Waals surface area contributed by atoms with Crippen molar-refractivity contribution in [1.82, 2.24) is 4.90 Å². The van der Waals surface area contributed by atoms with Crippen LogP contribution in [0.15, 0.2) is 0 Å². The maximum Gasteiger partial charge on any atom is 0.220 e. The first-order valence-corrected chi connectivity index (χ1v) is 3.43. The second-order valence-electron chi connectivity index (χ2n) is 2.60. The molecule has 56 valence electrons. The highest BCUT2D eigenvalue weighted by atomic mass is 16.2. The number of rotatable bonds is 0. The van der Waals surface area contributed by atoms with Crippen molar-refractivity contribution in [3.63, 3.8) is 0 Å². The second-order valence-corrected chi connectivity index (χ2v) is 2.60. The van der Waals surface area contributed by atoms with Gasteiger partial charge < -0.3 is 4.90 Å². The number of nitrogens with zero attached hydrogens (tertiary/aromatic N) is 1. The Labute approximate surface area is 60.0 Å². The van der Waals surface area contributed by atoms with Crippen LogP contribution in [0.1, 0.15) is 20.3 Å². The second kappa shape index (κ2) is 2.40. The Kier molecular flexibility index (Phi) is 1.74. The molecule has 1 unspecified atom stereocenters. The molecule has 1 aliphatic rings. The van der Waals surface area contributed by atoms with Gasteiger partial charge >= 0.3 is 0 Å². The number of carbonyl (C=O) groups excluding carboxylic acids is 2. The minimum atomic E-state index is -0.183. The Bertz CT molecular complexity index is 176. The van der Waals surface area contributed by atoms with E-state index in [0.29, 0.717) is 13.0 Å². The van der Waals surface area contributed by atoms with Gasteiger partial charge in [0.1, 0.15) is 0 Å². The standard InChI is InChI=1S/C7H11NO2/c1-5-7(10)3-4-8(5)6(2)9/h5H,3-4H2,1-2H3. The van der Waals surface area contributed by atoms with Crippen LogP contribution in [-0.2, 0) is 9.59 Å². The lowest BCUT2D eigenvalue weighted by Gasteiger charge is -2.17. The third kappa shape index (κ3) is 1.03. The number of ketones is 1. The van der Waals surface area contributed by atoms with E-state index < -0.39 is 0 Å².